The summed E-state index contributed by atoms with van der Waals surface area (Å²) in [4.78, 5) is 21.6. The van der Waals surface area contributed by atoms with E-state index in [9.17, 15) is 9.59 Å². The van der Waals surface area contributed by atoms with E-state index in [1.807, 2.05) is 20.8 Å². The van der Waals surface area contributed by atoms with Crippen LogP contribution in [0.4, 0.5) is 0 Å². The zero-order valence-electron chi connectivity index (χ0n) is 9.30. The molecule has 0 fully saturated rings. The van der Waals surface area contributed by atoms with Gasteiger partial charge in [0.15, 0.2) is 0 Å². The van der Waals surface area contributed by atoms with Gasteiger partial charge in [-0.3, -0.25) is 9.59 Å². The maximum absolute atomic E-state index is 11.4. The minimum Gasteiger partial charge on any atom is -0.481 e. The van der Waals surface area contributed by atoms with Crippen LogP contribution in [0.5, 0.6) is 0 Å². The number of rotatable bonds is 6. The van der Waals surface area contributed by atoms with E-state index in [4.69, 9.17) is 5.11 Å². The van der Waals surface area contributed by atoms with Gasteiger partial charge in [-0.1, -0.05) is 27.2 Å². The van der Waals surface area contributed by atoms with Gasteiger partial charge >= 0.3 is 5.97 Å². The zero-order valence-corrected chi connectivity index (χ0v) is 9.30. The summed E-state index contributed by atoms with van der Waals surface area (Å²) in [5.41, 5.74) is -0.257. The normalized spacial score (nSPS) is 11.4. The number of aliphatic carboxylic acids is 1. The number of carbonyl (C=O) groups is 2. The zero-order chi connectivity index (χ0) is 11.2. The molecule has 0 radical (unpaired) electrons. The highest BCUT2D eigenvalue weighted by Gasteiger charge is 2.19. The topological polar surface area (TPSA) is 54.4 Å². The number of hydrogen-bond donors (Lipinski definition) is 1. The first-order valence-electron chi connectivity index (χ1n) is 5.09. The molecule has 0 saturated heterocycles. The number of carbonyl (C=O) groups excluding carboxylic acids is 1. The van der Waals surface area contributed by atoms with Crippen molar-refractivity contribution >= 4 is 11.8 Å². The molecule has 0 aromatic carbocycles. The Hall–Kier alpha value is -0.860. The second-order valence-corrected chi connectivity index (χ2v) is 4.63. The Labute approximate surface area is 85.5 Å². The standard InChI is InChI=1S/C11H20O3/c1-11(2,3)9(12)7-5-4-6-8-10(13)14/h4-8H2,1-3H3,(H,13,14). The molecule has 0 amide bonds. The SMILES string of the molecule is CC(C)(C)C(=O)CCCCCC(=O)O. The fourth-order valence-electron chi connectivity index (χ4n) is 1.11. The van der Waals surface area contributed by atoms with Gasteiger partial charge in [0, 0.05) is 18.3 Å². The third-order valence-corrected chi connectivity index (χ3v) is 2.13. The van der Waals surface area contributed by atoms with E-state index in [-0.39, 0.29) is 17.6 Å². The molecule has 3 nitrogen and oxygen atoms in total. The van der Waals surface area contributed by atoms with Gasteiger partial charge < -0.3 is 5.11 Å². The Morgan fingerprint density at radius 2 is 1.50 bits per heavy atom. The van der Waals surface area contributed by atoms with Crippen molar-refractivity contribution in [3.8, 4) is 0 Å². The first-order valence-corrected chi connectivity index (χ1v) is 5.09. The smallest absolute Gasteiger partial charge is 0.303 e. The fraction of sp³-hybridized carbons (Fsp3) is 0.818. The molecule has 0 rings (SSSR count). The van der Waals surface area contributed by atoms with Crippen molar-refractivity contribution < 1.29 is 14.7 Å². The number of Topliss-reactive ketones (excluding diaryl/α,β-unsaturated/α-hetero) is 1. The molecule has 0 spiro atoms. The predicted octanol–water partition coefficient (Wildman–Crippen LogP) is 2.64. The van der Waals surface area contributed by atoms with E-state index in [1.54, 1.807) is 0 Å². The third-order valence-electron chi connectivity index (χ3n) is 2.13. The molecule has 0 atom stereocenters. The van der Waals surface area contributed by atoms with Crippen molar-refractivity contribution in [3.05, 3.63) is 0 Å². The molecule has 0 unspecified atom stereocenters. The summed E-state index contributed by atoms with van der Waals surface area (Å²) in [6.07, 6.45) is 3.09. The third kappa shape index (κ3) is 6.63. The molecule has 0 bridgehead atoms. The highest BCUT2D eigenvalue weighted by Crippen LogP contribution is 2.18. The van der Waals surface area contributed by atoms with Crippen LogP contribution in [0.3, 0.4) is 0 Å². The second kappa shape index (κ2) is 5.78. The minimum absolute atomic E-state index is 0.212. The highest BCUT2D eigenvalue weighted by atomic mass is 16.4. The molecule has 14 heavy (non-hydrogen) atoms. The second-order valence-electron chi connectivity index (χ2n) is 4.63. The van der Waals surface area contributed by atoms with E-state index >= 15 is 0 Å². The van der Waals surface area contributed by atoms with E-state index in [2.05, 4.69) is 0 Å². The lowest BCUT2D eigenvalue weighted by atomic mass is 9.88. The minimum atomic E-state index is -0.757. The van der Waals surface area contributed by atoms with E-state index in [1.165, 1.54) is 0 Å². The maximum Gasteiger partial charge on any atom is 0.303 e. The van der Waals surface area contributed by atoms with Gasteiger partial charge in [-0.2, -0.15) is 0 Å². The van der Waals surface area contributed by atoms with Crippen LogP contribution in [0.2, 0.25) is 0 Å². The van der Waals surface area contributed by atoms with Crippen LogP contribution in [0.25, 0.3) is 0 Å². The molecule has 0 heterocycles. The highest BCUT2D eigenvalue weighted by molar-refractivity contribution is 5.83. The van der Waals surface area contributed by atoms with Crippen molar-refractivity contribution in [2.75, 3.05) is 0 Å². The van der Waals surface area contributed by atoms with Crippen LogP contribution in [-0.4, -0.2) is 16.9 Å². The molecule has 0 aliphatic heterocycles. The van der Waals surface area contributed by atoms with Crippen LogP contribution in [0, 0.1) is 5.41 Å². The summed E-state index contributed by atoms with van der Waals surface area (Å²) in [5.74, 6) is -0.500. The fourth-order valence-corrected chi connectivity index (χ4v) is 1.11. The molecular formula is C11H20O3. The summed E-state index contributed by atoms with van der Waals surface area (Å²) in [6.45, 7) is 5.73. The van der Waals surface area contributed by atoms with Crippen molar-refractivity contribution in [1.82, 2.24) is 0 Å². The summed E-state index contributed by atoms with van der Waals surface area (Å²) in [7, 11) is 0. The summed E-state index contributed by atoms with van der Waals surface area (Å²) in [6, 6.07) is 0. The number of carboxylic acid groups (broad SMARTS) is 1. The van der Waals surface area contributed by atoms with Crippen molar-refractivity contribution in [3.63, 3.8) is 0 Å². The monoisotopic (exact) mass is 200 g/mol. The average molecular weight is 200 g/mol. The summed E-state index contributed by atoms with van der Waals surface area (Å²) < 4.78 is 0. The molecule has 0 aliphatic carbocycles. The van der Waals surface area contributed by atoms with Crippen LogP contribution in [0.1, 0.15) is 52.9 Å². The Morgan fingerprint density at radius 3 is 1.93 bits per heavy atom. The van der Waals surface area contributed by atoms with Crippen LogP contribution in [-0.2, 0) is 9.59 Å². The van der Waals surface area contributed by atoms with Crippen LogP contribution >= 0.6 is 0 Å². The van der Waals surface area contributed by atoms with Crippen LogP contribution < -0.4 is 0 Å². The quantitative estimate of drug-likeness (QED) is 0.670. The van der Waals surface area contributed by atoms with E-state index in [0.29, 0.717) is 12.8 Å². The molecule has 0 aromatic heterocycles. The van der Waals surface area contributed by atoms with Gasteiger partial charge in [-0.25, -0.2) is 0 Å². The van der Waals surface area contributed by atoms with Gasteiger partial charge in [-0.15, -0.1) is 0 Å². The Balaban J connectivity index is 3.46. The Bertz CT molecular complexity index is 201. The predicted molar refractivity (Wildman–Crippen MR) is 55.2 cm³/mol. The van der Waals surface area contributed by atoms with Crippen molar-refractivity contribution in [2.45, 2.75) is 52.9 Å². The molecule has 82 valence electrons. The Kier molecular flexibility index (Phi) is 5.43. The molecule has 3 heteroatoms. The summed E-state index contributed by atoms with van der Waals surface area (Å²) in [5, 5.41) is 8.38. The lowest BCUT2D eigenvalue weighted by Gasteiger charge is -2.15. The number of carboxylic acids is 1. The van der Waals surface area contributed by atoms with Gasteiger partial charge in [0.2, 0.25) is 0 Å². The number of unbranched alkanes of at least 4 members (excludes halogenated alkanes) is 2. The van der Waals surface area contributed by atoms with Gasteiger partial charge in [0.05, 0.1) is 0 Å². The lowest BCUT2D eigenvalue weighted by molar-refractivity contribution is -0.137. The number of ketones is 1. The first-order chi connectivity index (χ1) is 6.34. The Morgan fingerprint density at radius 1 is 1.00 bits per heavy atom. The molecular weight excluding hydrogens is 180 g/mol. The van der Waals surface area contributed by atoms with Gasteiger partial charge in [0.1, 0.15) is 5.78 Å². The first kappa shape index (κ1) is 13.1. The lowest BCUT2D eigenvalue weighted by Crippen LogP contribution is -2.19. The van der Waals surface area contributed by atoms with Crippen molar-refractivity contribution in [1.29, 1.82) is 0 Å². The van der Waals surface area contributed by atoms with Gasteiger partial charge in [-0.05, 0) is 12.8 Å². The van der Waals surface area contributed by atoms with E-state index in [0.717, 1.165) is 12.8 Å². The van der Waals surface area contributed by atoms with Gasteiger partial charge in [0.25, 0.3) is 0 Å². The van der Waals surface area contributed by atoms with Crippen LogP contribution in [0.15, 0.2) is 0 Å². The molecule has 0 aromatic rings. The maximum atomic E-state index is 11.4. The average Bonchev–Trinajstić information content (AvgIpc) is 2.01. The van der Waals surface area contributed by atoms with Crippen molar-refractivity contribution in [2.24, 2.45) is 5.41 Å². The number of hydrogen-bond acceptors (Lipinski definition) is 2. The van der Waals surface area contributed by atoms with E-state index < -0.39 is 5.97 Å². The largest absolute Gasteiger partial charge is 0.481 e. The molecule has 0 saturated carbocycles. The molecule has 0 aliphatic rings. The molecule has 1 N–H and O–H groups in total. The summed E-state index contributed by atoms with van der Waals surface area (Å²) >= 11 is 0.